The molecule has 122 valence electrons. The van der Waals surface area contributed by atoms with E-state index in [1.807, 2.05) is 4.90 Å². The van der Waals surface area contributed by atoms with Gasteiger partial charge >= 0.3 is 0 Å². The van der Waals surface area contributed by atoms with E-state index in [9.17, 15) is 4.79 Å². The van der Waals surface area contributed by atoms with E-state index < -0.39 is 0 Å². The highest BCUT2D eigenvalue weighted by Crippen LogP contribution is 2.15. The second-order valence-electron chi connectivity index (χ2n) is 5.93. The van der Waals surface area contributed by atoms with Gasteiger partial charge in [0.05, 0.1) is 26.4 Å². The molecule has 1 N–H and O–H groups in total. The largest absolute Gasteiger partial charge is 0.383 e. The molecule has 6 nitrogen and oxygen atoms in total. The fraction of sp³-hybridized carbons (Fsp3) is 0.933. The van der Waals surface area contributed by atoms with Crippen molar-refractivity contribution in [3.63, 3.8) is 0 Å². The second-order valence-corrected chi connectivity index (χ2v) is 5.93. The molecule has 0 aromatic rings. The van der Waals surface area contributed by atoms with Crippen LogP contribution >= 0.6 is 0 Å². The van der Waals surface area contributed by atoms with Crippen LogP contribution in [0.2, 0.25) is 0 Å². The van der Waals surface area contributed by atoms with E-state index in [0.29, 0.717) is 25.7 Å². The third kappa shape index (κ3) is 5.90. The maximum absolute atomic E-state index is 12.3. The van der Waals surface area contributed by atoms with Gasteiger partial charge in [-0.2, -0.15) is 0 Å². The van der Waals surface area contributed by atoms with Crippen molar-refractivity contribution in [2.75, 3.05) is 72.7 Å². The summed E-state index contributed by atoms with van der Waals surface area (Å²) >= 11 is 0. The van der Waals surface area contributed by atoms with Crippen LogP contribution in [0.15, 0.2) is 0 Å². The van der Waals surface area contributed by atoms with Crippen molar-refractivity contribution in [1.29, 1.82) is 0 Å². The van der Waals surface area contributed by atoms with Crippen LogP contribution in [0.1, 0.15) is 12.8 Å². The summed E-state index contributed by atoms with van der Waals surface area (Å²) in [5, 5.41) is 3.43. The Morgan fingerprint density at radius 1 is 1.33 bits per heavy atom. The molecule has 1 amide bonds. The van der Waals surface area contributed by atoms with Crippen molar-refractivity contribution >= 4 is 5.91 Å². The number of amides is 1. The normalized spacial score (nSPS) is 24.2. The Hall–Kier alpha value is -0.690. The van der Waals surface area contributed by atoms with E-state index in [4.69, 9.17) is 9.47 Å². The number of rotatable bonds is 7. The van der Waals surface area contributed by atoms with Crippen LogP contribution in [0.4, 0.5) is 0 Å². The minimum absolute atomic E-state index is 0.256. The van der Waals surface area contributed by atoms with Crippen LogP contribution < -0.4 is 5.32 Å². The summed E-state index contributed by atoms with van der Waals surface area (Å²) in [6.07, 6.45) is 2.44. The van der Waals surface area contributed by atoms with Gasteiger partial charge in [-0.25, -0.2) is 0 Å². The average Bonchev–Trinajstić information content (AvgIpc) is 2.53. The van der Waals surface area contributed by atoms with Gasteiger partial charge in [0.15, 0.2) is 0 Å². The zero-order valence-corrected chi connectivity index (χ0v) is 13.2. The predicted molar refractivity (Wildman–Crippen MR) is 81.3 cm³/mol. The van der Waals surface area contributed by atoms with Gasteiger partial charge in [-0.1, -0.05) is 0 Å². The third-order valence-corrected chi connectivity index (χ3v) is 4.24. The van der Waals surface area contributed by atoms with Crippen molar-refractivity contribution < 1.29 is 14.3 Å². The van der Waals surface area contributed by atoms with Crippen molar-refractivity contribution in [2.24, 2.45) is 5.92 Å². The van der Waals surface area contributed by atoms with Gasteiger partial charge in [0.25, 0.3) is 0 Å². The number of carbonyl (C=O) groups excluding carboxylic acids is 1. The molecule has 0 aromatic carbocycles. The first kappa shape index (κ1) is 16.7. The van der Waals surface area contributed by atoms with Gasteiger partial charge in [-0.3, -0.25) is 9.69 Å². The highest BCUT2D eigenvalue weighted by atomic mass is 16.5. The van der Waals surface area contributed by atoms with Crippen molar-refractivity contribution in [1.82, 2.24) is 15.1 Å². The van der Waals surface area contributed by atoms with E-state index in [-0.39, 0.29) is 5.91 Å². The van der Waals surface area contributed by atoms with E-state index >= 15 is 0 Å². The molecular weight excluding hydrogens is 270 g/mol. The summed E-state index contributed by atoms with van der Waals surface area (Å²) in [6.45, 7) is 8.16. The number of piperidine rings is 1. The fourth-order valence-electron chi connectivity index (χ4n) is 3.05. The predicted octanol–water partition coefficient (Wildman–Crippen LogP) is -0.207. The Balaban J connectivity index is 1.66. The van der Waals surface area contributed by atoms with Gasteiger partial charge in [-0.05, 0) is 31.8 Å². The van der Waals surface area contributed by atoms with Crippen molar-refractivity contribution in [3.05, 3.63) is 0 Å². The lowest BCUT2D eigenvalue weighted by Crippen LogP contribution is -2.48. The number of nitrogens with one attached hydrogen (secondary N) is 1. The SMILES string of the molecule is COCCNCC1CCCN(CC(=O)N2CCOCC2)C1. The van der Waals surface area contributed by atoms with Gasteiger partial charge in [0.1, 0.15) is 0 Å². The Morgan fingerprint density at radius 3 is 2.90 bits per heavy atom. The monoisotopic (exact) mass is 299 g/mol. The maximum atomic E-state index is 12.3. The van der Waals surface area contributed by atoms with Crippen LogP contribution in [0, 0.1) is 5.92 Å². The number of hydrogen-bond donors (Lipinski definition) is 1. The summed E-state index contributed by atoms with van der Waals surface area (Å²) < 4.78 is 10.3. The number of morpholine rings is 1. The molecule has 0 saturated carbocycles. The lowest BCUT2D eigenvalue weighted by molar-refractivity contribution is -0.136. The number of hydrogen-bond acceptors (Lipinski definition) is 5. The summed E-state index contributed by atoms with van der Waals surface area (Å²) in [5.41, 5.74) is 0. The molecule has 2 aliphatic heterocycles. The zero-order chi connectivity index (χ0) is 14.9. The molecule has 2 aliphatic rings. The second kappa shape index (κ2) is 9.35. The molecule has 21 heavy (non-hydrogen) atoms. The van der Waals surface area contributed by atoms with E-state index in [1.165, 1.54) is 12.8 Å². The molecule has 0 bridgehead atoms. The van der Waals surface area contributed by atoms with Crippen LogP contribution in [0.5, 0.6) is 0 Å². The Morgan fingerprint density at radius 2 is 2.14 bits per heavy atom. The van der Waals surface area contributed by atoms with Crippen LogP contribution in [0.3, 0.4) is 0 Å². The molecule has 6 heteroatoms. The first-order chi connectivity index (χ1) is 10.3. The fourth-order valence-corrected chi connectivity index (χ4v) is 3.05. The topological polar surface area (TPSA) is 54.0 Å². The molecule has 0 spiro atoms. The Bertz CT molecular complexity index is 309. The number of nitrogens with zero attached hydrogens (tertiary/aromatic N) is 2. The minimum Gasteiger partial charge on any atom is -0.383 e. The molecule has 2 rings (SSSR count). The van der Waals surface area contributed by atoms with Gasteiger partial charge < -0.3 is 19.7 Å². The number of ether oxygens (including phenoxy) is 2. The molecule has 2 fully saturated rings. The lowest BCUT2D eigenvalue weighted by Gasteiger charge is -2.34. The molecule has 2 heterocycles. The summed E-state index contributed by atoms with van der Waals surface area (Å²) in [4.78, 5) is 16.5. The first-order valence-corrected chi connectivity index (χ1v) is 8.07. The number of methoxy groups -OCH3 is 1. The smallest absolute Gasteiger partial charge is 0.236 e. The number of likely N-dealkylation sites (tertiary alicyclic amines) is 1. The van der Waals surface area contributed by atoms with Crippen LogP contribution in [-0.4, -0.2) is 88.5 Å². The van der Waals surface area contributed by atoms with Crippen LogP contribution in [-0.2, 0) is 14.3 Å². The van der Waals surface area contributed by atoms with Crippen molar-refractivity contribution in [2.45, 2.75) is 12.8 Å². The molecule has 0 aromatic heterocycles. The third-order valence-electron chi connectivity index (χ3n) is 4.24. The Kier molecular flexibility index (Phi) is 7.43. The molecule has 2 saturated heterocycles. The maximum Gasteiger partial charge on any atom is 0.236 e. The highest BCUT2D eigenvalue weighted by molar-refractivity contribution is 5.78. The van der Waals surface area contributed by atoms with E-state index in [0.717, 1.165) is 45.9 Å². The molecule has 0 aliphatic carbocycles. The van der Waals surface area contributed by atoms with Gasteiger partial charge in [0, 0.05) is 33.3 Å². The van der Waals surface area contributed by atoms with Gasteiger partial charge in [0.2, 0.25) is 5.91 Å². The Labute approximate surface area is 127 Å². The van der Waals surface area contributed by atoms with Crippen LogP contribution in [0.25, 0.3) is 0 Å². The van der Waals surface area contributed by atoms with E-state index in [2.05, 4.69) is 10.2 Å². The minimum atomic E-state index is 0.256. The quantitative estimate of drug-likeness (QED) is 0.660. The lowest BCUT2D eigenvalue weighted by atomic mass is 9.98. The van der Waals surface area contributed by atoms with Gasteiger partial charge in [-0.15, -0.1) is 0 Å². The summed E-state index contributed by atoms with van der Waals surface area (Å²) in [5.74, 6) is 0.902. The summed E-state index contributed by atoms with van der Waals surface area (Å²) in [7, 11) is 1.72. The number of carbonyl (C=O) groups is 1. The van der Waals surface area contributed by atoms with Crippen molar-refractivity contribution in [3.8, 4) is 0 Å². The first-order valence-electron chi connectivity index (χ1n) is 8.07. The zero-order valence-electron chi connectivity index (χ0n) is 13.2. The highest BCUT2D eigenvalue weighted by Gasteiger charge is 2.24. The molecule has 0 radical (unpaired) electrons. The average molecular weight is 299 g/mol. The molecule has 1 atom stereocenters. The van der Waals surface area contributed by atoms with E-state index in [1.54, 1.807) is 7.11 Å². The molecule has 1 unspecified atom stereocenters. The molecular formula is C15H29N3O3. The standard InChI is InChI=1S/C15H29N3O3/c1-20-8-4-16-11-14-3-2-5-17(12-14)13-15(19)18-6-9-21-10-7-18/h14,16H,2-13H2,1H3. The summed E-state index contributed by atoms with van der Waals surface area (Å²) in [6, 6.07) is 0.